The number of ketones is 1. The summed E-state index contributed by atoms with van der Waals surface area (Å²) >= 11 is 0. The first kappa shape index (κ1) is 17.0. The molecule has 2 N–H and O–H groups in total. The van der Waals surface area contributed by atoms with E-state index in [1.54, 1.807) is 18.2 Å². The van der Waals surface area contributed by atoms with E-state index in [9.17, 15) is 14.7 Å². The Morgan fingerprint density at radius 2 is 1.73 bits per heavy atom. The first-order valence-electron chi connectivity index (χ1n) is 12.3. The predicted molar refractivity (Wildman–Crippen MR) is 121 cm³/mol. The Kier molecular flexibility index (Phi) is 4.33. The third-order valence-electron chi connectivity index (χ3n) is 5.84. The van der Waals surface area contributed by atoms with Crippen molar-refractivity contribution in [2.45, 2.75) is 13.0 Å². The van der Waals surface area contributed by atoms with Gasteiger partial charge in [0, 0.05) is 32.3 Å². The Bertz CT molecular complexity index is 1500. The van der Waals surface area contributed by atoms with Gasteiger partial charge in [0.15, 0.2) is 28.8 Å². The summed E-state index contributed by atoms with van der Waals surface area (Å²) in [7, 11) is 2.90. The minimum Gasteiger partial charge on any atom is -0.493 e. The van der Waals surface area contributed by atoms with Crippen molar-refractivity contribution in [3.8, 4) is 34.3 Å². The standard InChI is InChI=1S/C24H24N2O7/c1-30-17-8-13-16(11-18(17)31-2)24(29)26(6-3-4-25-5-7-27)22-14-9-19-20(33-12-32-19)10-15(14)23(28)21(13)22/h8-11,25,27H,3-7,12H2,1-2H3/i5D2,7D2. The van der Waals surface area contributed by atoms with Crippen LogP contribution in [-0.2, 0) is 6.54 Å². The summed E-state index contributed by atoms with van der Waals surface area (Å²) in [5.74, 6) is 1.27. The average molecular weight is 456 g/mol. The fourth-order valence-corrected chi connectivity index (χ4v) is 4.38. The molecule has 2 heterocycles. The Labute approximate surface area is 195 Å². The Balaban J connectivity index is 1.65. The Morgan fingerprint density at radius 1 is 1.06 bits per heavy atom. The second-order valence-corrected chi connectivity index (χ2v) is 7.53. The van der Waals surface area contributed by atoms with Crippen molar-refractivity contribution in [1.29, 1.82) is 0 Å². The van der Waals surface area contributed by atoms with Crippen molar-refractivity contribution >= 4 is 16.6 Å². The Morgan fingerprint density at radius 3 is 2.39 bits per heavy atom. The molecule has 0 spiro atoms. The van der Waals surface area contributed by atoms with E-state index in [-0.39, 0.29) is 37.5 Å². The lowest BCUT2D eigenvalue weighted by Gasteiger charge is -2.17. The molecule has 9 nitrogen and oxygen atoms in total. The van der Waals surface area contributed by atoms with E-state index < -0.39 is 18.6 Å². The fraction of sp³-hybridized carbons (Fsp3) is 0.333. The number of carbonyl (C=O) groups excluding carboxylic acids is 1. The summed E-state index contributed by atoms with van der Waals surface area (Å²) in [5, 5.41) is 12.4. The van der Waals surface area contributed by atoms with Gasteiger partial charge in [-0.1, -0.05) is 0 Å². The number of hydrogen-bond acceptors (Lipinski definition) is 8. The van der Waals surface area contributed by atoms with E-state index in [2.05, 4.69) is 5.32 Å². The molecule has 0 atom stereocenters. The number of ether oxygens (including phenoxy) is 4. The van der Waals surface area contributed by atoms with E-state index >= 15 is 0 Å². The highest BCUT2D eigenvalue weighted by molar-refractivity contribution is 6.27. The molecule has 9 heteroatoms. The van der Waals surface area contributed by atoms with Crippen molar-refractivity contribution < 1.29 is 34.3 Å². The first-order chi connectivity index (χ1) is 17.5. The molecule has 0 bridgehead atoms. The molecule has 2 aliphatic rings. The van der Waals surface area contributed by atoms with Crippen LogP contribution in [0.5, 0.6) is 23.0 Å². The minimum absolute atomic E-state index is 0.0206. The largest absolute Gasteiger partial charge is 0.493 e. The summed E-state index contributed by atoms with van der Waals surface area (Å²) in [6, 6.07) is 6.39. The van der Waals surface area contributed by atoms with Crippen LogP contribution in [0, 0.1) is 0 Å². The molecule has 0 saturated carbocycles. The number of carbonyl (C=O) groups is 1. The van der Waals surface area contributed by atoms with Crippen LogP contribution < -0.4 is 29.8 Å². The summed E-state index contributed by atoms with van der Waals surface area (Å²) in [6.45, 7) is -5.76. The van der Waals surface area contributed by atoms with E-state index in [0.29, 0.717) is 50.8 Å². The van der Waals surface area contributed by atoms with Gasteiger partial charge in [-0.05, 0) is 37.2 Å². The summed E-state index contributed by atoms with van der Waals surface area (Å²) < 4.78 is 53.0. The van der Waals surface area contributed by atoms with Gasteiger partial charge in [-0.3, -0.25) is 9.59 Å². The molecule has 0 fully saturated rings. The number of benzene rings is 2. The predicted octanol–water partition coefficient (Wildman–Crippen LogP) is 1.93. The average Bonchev–Trinajstić information content (AvgIpc) is 3.42. The minimum atomic E-state index is -3.10. The number of methoxy groups -OCH3 is 2. The lowest BCUT2D eigenvalue weighted by molar-refractivity contribution is 0.104. The zero-order chi connectivity index (χ0) is 26.7. The fourth-order valence-electron chi connectivity index (χ4n) is 4.38. The normalized spacial score (nSPS) is 16.0. The van der Waals surface area contributed by atoms with Gasteiger partial charge >= 0.3 is 0 Å². The second-order valence-electron chi connectivity index (χ2n) is 7.53. The monoisotopic (exact) mass is 456 g/mol. The van der Waals surface area contributed by atoms with Crippen molar-refractivity contribution in [2.24, 2.45) is 0 Å². The maximum Gasteiger partial charge on any atom is 0.259 e. The smallest absolute Gasteiger partial charge is 0.259 e. The molecule has 1 aromatic heterocycles. The molecule has 2 aromatic carbocycles. The van der Waals surface area contributed by atoms with Crippen LogP contribution in [0.25, 0.3) is 22.0 Å². The van der Waals surface area contributed by atoms with E-state index in [0.717, 1.165) is 0 Å². The third kappa shape index (κ3) is 3.32. The second kappa shape index (κ2) is 8.42. The van der Waals surface area contributed by atoms with Crippen LogP contribution in [0.1, 0.15) is 27.8 Å². The highest BCUT2D eigenvalue weighted by Crippen LogP contribution is 2.46. The van der Waals surface area contributed by atoms with Crippen LogP contribution in [-0.4, -0.2) is 56.1 Å². The number of nitrogens with one attached hydrogen (secondary N) is 1. The topological polar surface area (TPSA) is 108 Å². The van der Waals surface area contributed by atoms with Crippen LogP contribution in [0.3, 0.4) is 0 Å². The number of pyridine rings is 1. The summed E-state index contributed by atoms with van der Waals surface area (Å²) in [5.41, 5.74) is 1.17. The number of aliphatic hydroxyl groups is 1. The molecule has 1 aliphatic heterocycles. The van der Waals surface area contributed by atoms with Gasteiger partial charge in [0.05, 0.1) is 40.2 Å². The maximum atomic E-state index is 13.8. The molecular formula is C24H24N2O7. The molecule has 1 aliphatic carbocycles. The van der Waals surface area contributed by atoms with Gasteiger partial charge in [0.1, 0.15) is 0 Å². The zero-order valence-corrected chi connectivity index (χ0v) is 18.0. The van der Waals surface area contributed by atoms with E-state index in [1.807, 2.05) is 0 Å². The third-order valence-corrected chi connectivity index (χ3v) is 5.84. The van der Waals surface area contributed by atoms with Crippen molar-refractivity contribution in [1.82, 2.24) is 9.88 Å². The van der Waals surface area contributed by atoms with Crippen molar-refractivity contribution in [3.63, 3.8) is 0 Å². The maximum absolute atomic E-state index is 13.8. The molecule has 0 saturated heterocycles. The first-order valence-corrected chi connectivity index (χ1v) is 10.3. The van der Waals surface area contributed by atoms with Crippen LogP contribution in [0.2, 0.25) is 0 Å². The van der Waals surface area contributed by atoms with Gasteiger partial charge in [-0.2, -0.15) is 0 Å². The molecule has 5 rings (SSSR count). The highest BCUT2D eigenvalue weighted by Gasteiger charge is 2.35. The van der Waals surface area contributed by atoms with Gasteiger partial charge in [-0.15, -0.1) is 0 Å². The number of fused-ring (bicyclic) bond motifs is 6. The Hall–Kier alpha value is -3.56. The number of nitrogens with zero attached hydrogens (tertiary/aromatic N) is 1. The van der Waals surface area contributed by atoms with Crippen LogP contribution in [0.4, 0.5) is 0 Å². The van der Waals surface area contributed by atoms with Gasteiger partial charge in [0.2, 0.25) is 6.79 Å². The van der Waals surface area contributed by atoms with Crippen LogP contribution in [0.15, 0.2) is 29.1 Å². The van der Waals surface area contributed by atoms with Crippen molar-refractivity contribution in [2.75, 3.05) is 40.6 Å². The van der Waals surface area contributed by atoms with Gasteiger partial charge in [0.25, 0.3) is 5.56 Å². The number of hydrogen-bond donors (Lipinski definition) is 2. The zero-order valence-electron chi connectivity index (χ0n) is 22.0. The molecule has 0 unspecified atom stereocenters. The quantitative estimate of drug-likeness (QED) is 0.387. The molecule has 172 valence electrons. The molecule has 33 heavy (non-hydrogen) atoms. The van der Waals surface area contributed by atoms with Gasteiger partial charge < -0.3 is 33.9 Å². The number of rotatable bonds is 8. The van der Waals surface area contributed by atoms with Gasteiger partial charge in [-0.25, -0.2) is 0 Å². The molecule has 3 aromatic rings. The molecule has 0 radical (unpaired) electrons. The summed E-state index contributed by atoms with van der Waals surface area (Å²) in [4.78, 5) is 27.4. The van der Waals surface area contributed by atoms with E-state index in [1.165, 1.54) is 24.9 Å². The van der Waals surface area contributed by atoms with E-state index in [4.69, 9.17) is 24.4 Å². The van der Waals surface area contributed by atoms with Crippen LogP contribution >= 0.6 is 0 Å². The summed E-state index contributed by atoms with van der Waals surface area (Å²) in [6.07, 6.45) is 0.189. The SMILES string of the molecule is [2H]C([2H])(O)C([2H])([2H])NCCCn1c2c(c3cc(OC)c(OC)cc3c1=O)C(=O)c1cc3c(cc1-2)OCO3. The van der Waals surface area contributed by atoms with Crippen molar-refractivity contribution in [3.05, 3.63) is 45.7 Å². The molecular weight excluding hydrogens is 428 g/mol. The lowest BCUT2D eigenvalue weighted by atomic mass is 10.0. The lowest BCUT2D eigenvalue weighted by Crippen LogP contribution is -2.26. The highest BCUT2D eigenvalue weighted by atomic mass is 16.7. The molecule has 0 amide bonds. The number of aromatic nitrogens is 1.